The van der Waals surface area contributed by atoms with E-state index in [2.05, 4.69) is 5.32 Å². The Morgan fingerprint density at radius 1 is 1.21 bits per heavy atom. The van der Waals surface area contributed by atoms with Gasteiger partial charge in [0.05, 0.1) is 26.7 Å². The summed E-state index contributed by atoms with van der Waals surface area (Å²) in [4.78, 5) is 15.9. The number of ether oxygens (including phenoxy) is 3. The van der Waals surface area contributed by atoms with Gasteiger partial charge in [-0.3, -0.25) is 4.79 Å². The summed E-state index contributed by atoms with van der Waals surface area (Å²) in [5.74, 6) is -1.18. The largest absolute Gasteiger partial charge is 0.493 e. The van der Waals surface area contributed by atoms with Crippen molar-refractivity contribution in [3.05, 3.63) is 58.7 Å². The van der Waals surface area contributed by atoms with Crippen LogP contribution in [0.2, 0.25) is 0 Å². The Labute approximate surface area is 191 Å². The average Bonchev–Trinajstić information content (AvgIpc) is 3.62. The monoisotopic (exact) mass is 458 g/mol. The van der Waals surface area contributed by atoms with Crippen molar-refractivity contribution in [2.24, 2.45) is 5.92 Å². The van der Waals surface area contributed by atoms with Gasteiger partial charge in [-0.2, -0.15) is 0 Å². The van der Waals surface area contributed by atoms with E-state index in [1.54, 1.807) is 14.2 Å². The molecule has 2 aromatic carbocycles. The number of para-hydroxylation sites is 1. The van der Waals surface area contributed by atoms with Crippen LogP contribution in [0.15, 0.2) is 30.3 Å². The van der Waals surface area contributed by atoms with Crippen LogP contribution in [0, 0.1) is 17.6 Å². The van der Waals surface area contributed by atoms with Crippen LogP contribution in [0.1, 0.15) is 36.0 Å². The van der Waals surface area contributed by atoms with Gasteiger partial charge in [-0.25, -0.2) is 8.78 Å². The van der Waals surface area contributed by atoms with Crippen LogP contribution in [-0.2, 0) is 28.3 Å². The van der Waals surface area contributed by atoms with Crippen molar-refractivity contribution in [3.8, 4) is 11.5 Å². The number of fused-ring (bicyclic) bond motifs is 2. The van der Waals surface area contributed by atoms with Gasteiger partial charge in [-0.15, -0.1) is 0 Å². The summed E-state index contributed by atoms with van der Waals surface area (Å²) in [6.07, 6.45) is 2.38. The molecular weight excluding hydrogens is 430 g/mol. The van der Waals surface area contributed by atoms with E-state index < -0.39 is 23.2 Å². The van der Waals surface area contributed by atoms with E-state index in [1.807, 2.05) is 23.1 Å². The third kappa shape index (κ3) is 3.75. The van der Waals surface area contributed by atoms with Gasteiger partial charge in [0.2, 0.25) is 5.91 Å². The second-order valence-electron chi connectivity index (χ2n) is 8.96. The van der Waals surface area contributed by atoms with E-state index in [9.17, 15) is 13.6 Å². The molecule has 1 saturated carbocycles. The third-order valence-corrected chi connectivity index (χ3v) is 7.07. The highest BCUT2D eigenvalue weighted by molar-refractivity contribution is 5.82. The summed E-state index contributed by atoms with van der Waals surface area (Å²) in [5.41, 5.74) is 1.10. The van der Waals surface area contributed by atoms with Crippen LogP contribution in [-0.4, -0.2) is 44.2 Å². The molecule has 2 aliphatic heterocycles. The number of carbonyl (C=O) groups is 1. The Morgan fingerprint density at radius 2 is 2.00 bits per heavy atom. The second kappa shape index (κ2) is 8.57. The van der Waals surface area contributed by atoms with Gasteiger partial charge in [-0.05, 0) is 55.1 Å². The van der Waals surface area contributed by atoms with E-state index in [0.717, 1.165) is 18.4 Å². The fourth-order valence-corrected chi connectivity index (χ4v) is 5.26. The Hall–Kier alpha value is -2.71. The summed E-state index contributed by atoms with van der Waals surface area (Å²) in [7, 11) is 3.17. The molecule has 3 aliphatic rings. The first kappa shape index (κ1) is 22.1. The van der Waals surface area contributed by atoms with Gasteiger partial charge in [-0.1, -0.05) is 12.1 Å². The maximum absolute atomic E-state index is 14.2. The topological polar surface area (TPSA) is 60.0 Å². The number of benzene rings is 2. The zero-order valence-corrected chi connectivity index (χ0v) is 18.8. The molecule has 6 nitrogen and oxygen atoms in total. The van der Waals surface area contributed by atoms with Crippen LogP contribution >= 0.6 is 0 Å². The van der Waals surface area contributed by atoms with Crippen LogP contribution in [0.3, 0.4) is 0 Å². The van der Waals surface area contributed by atoms with Gasteiger partial charge in [0, 0.05) is 24.7 Å². The predicted octanol–water partition coefficient (Wildman–Crippen LogP) is 3.51. The Kier molecular flexibility index (Phi) is 5.74. The smallest absolute Gasteiger partial charge is 0.230 e. The number of carbonyl (C=O) groups excluding carboxylic acids is 1. The molecule has 1 spiro atoms. The molecule has 0 bridgehead atoms. The Bertz CT molecular complexity index is 1070. The fourth-order valence-electron chi connectivity index (χ4n) is 5.26. The van der Waals surface area contributed by atoms with E-state index in [4.69, 9.17) is 14.2 Å². The molecule has 2 heterocycles. The number of rotatable bonds is 6. The number of hydrogen-bond donors (Lipinski definition) is 1. The zero-order valence-electron chi connectivity index (χ0n) is 18.8. The first-order valence-corrected chi connectivity index (χ1v) is 11.3. The number of nitrogens with zero attached hydrogens (tertiary/aromatic N) is 1. The molecule has 0 aromatic heterocycles. The number of nitrogens with one attached hydrogen (secondary N) is 1. The first-order chi connectivity index (χ1) is 16.0. The van der Waals surface area contributed by atoms with E-state index in [1.165, 1.54) is 12.1 Å². The summed E-state index contributed by atoms with van der Waals surface area (Å²) in [6.45, 7) is 1.59. The minimum absolute atomic E-state index is 0.0489. The van der Waals surface area contributed by atoms with E-state index in [-0.39, 0.29) is 18.6 Å². The molecule has 1 unspecified atom stereocenters. The minimum atomic E-state index is -0.961. The molecule has 2 atom stereocenters. The summed E-state index contributed by atoms with van der Waals surface area (Å²) in [5, 5.41) is 3.30. The molecule has 1 aliphatic carbocycles. The zero-order chi connectivity index (χ0) is 23.2. The molecule has 8 heteroatoms. The Balaban J connectivity index is 1.49. The lowest BCUT2D eigenvalue weighted by Crippen LogP contribution is -2.55. The van der Waals surface area contributed by atoms with Crippen molar-refractivity contribution < 1.29 is 27.8 Å². The molecule has 0 radical (unpaired) electrons. The lowest BCUT2D eigenvalue weighted by atomic mass is 9.75. The maximum Gasteiger partial charge on any atom is 0.230 e. The van der Waals surface area contributed by atoms with Gasteiger partial charge in [0.15, 0.2) is 23.1 Å². The van der Waals surface area contributed by atoms with E-state index in [0.29, 0.717) is 48.7 Å². The van der Waals surface area contributed by atoms with Crippen molar-refractivity contribution in [1.82, 2.24) is 10.2 Å². The highest BCUT2D eigenvalue weighted by Crippen LogP contribution is 2.48. The number of methoxy groups -OCH3 is 2. The van der Waals surface area contributed by atoms with Crippen LogP contribution in [0.5, 0.6) is 11.5 Å². The molecular formula is C25H28F2N2O4. The summed E-state index contributed by atoms with van der Waals surface area (Å²) < 4.78 is 45.3. The Morgan fingerprint density at radius 3 is 2.73 bits per heavy atom. The van der Waals surface area contributed by atoms with Gasteiger partial charge in [0.1, 0.15) is 5.60 Å². The highest BCUT2D eigenvalue weighted by Gasteiger charge is 2.53. The van der Waals surface area contributed by atoms with E-state index >= 15 is 0 Å². The van der Waals surface area contributed by atoms with Crippen molar-refractivity contribution in [2.75, 3.05) is 27.3 Å². The predicted molar refractivity (Wildman–Crippen MR) is 117 cm³/mol. The number of hydrogen-bond acceptors (Lipinski definition) is 5. The number of amides is 1. The molecule has 1 N–H and O–H groups in total. The molecule has 2 aromatic rings. The van der Waals surface area contributed by atoms with Gasteiger partial charge in [0.25, 0.3) is 0 Å². The van der Waals surface area contributed by atoms with Crippen LogP contribution in [0.25, 0.3) is 0 Å². The first-order valence-electron chi connectivity index (χ1n) is 11.3. The minimum Gasteiger partial charge on any atom is -0.493 e. The molecule has 5 rings (SSSR count). The standard InChI is InChI=1S/C25H28F2N2O4/c1-31-22-5-3-4-15(23(22)32-2)13-29(17-6-7-17)24(30)19-12-28-9-8-25(19)18-11-21(27)20(26)10-16(18)14-33-25/h3-5,10-11,17,19,28H,6-9,12-14H2,1-2H3/t19?,25-/m0/s1. The molecule has 1 amide bonds. The van der Waals surface area contributed by atoms with Crippen LogP contribution in [0.4, 0.5) is 8.78 Å². The summed E-state index contributed by atoms with van der Waals surface area (Å²) in [6, 6.07) is 8.18. The van der Waals surface area contributed by atoms with Gasteiger partial charge >= 0.3 is 0 Å². The molecule has 2 fully saturated rings. The quantitative estimate of drug-likeness (QED) is 0.718. The van der Waals surface area contributed by atoms with Crippen molar-refractivity contribution in [2.45, 2.75) is 44.1 Å². The third-order valence-electron chi connectivity index (χ3n) is 7.07. The normalized spacial score (nSPS) is 23.9. The SMILES string of the molecule is COc1cccc(CN(C(=O)C2CNCC[C@@]23OCc2cc(F)c(F)cc23)C2CC2)c1OC. The molecule has 33 heavy (non-hydrogen) atoms. The van der Waals surface area contributed by atoms with Gasteiger partial charge < -0.3 is 24.4 Å². The van der Waals surface area contributed by atoms with Crippen LogP contribution < -0.4 is 14.8 Å². The lowest BCUT2D eigenvalue weighted by Gasteiger charge is -2.43. The molecule has 176 valence electrons. The van der Waals surface area contributed by atoms with Crippen molar-refractivity contribution in [1.29, 1.82) is 0 Å². The average molecular weight is 459 g/mol. The number of halogens is 2. The lowest BCUT2D eigenvalue weighted by molar-refractivity contribution is -0.157. The van der Waals surface area contributed by atoms with Crippen molar-refractivity contribution >= 4 is 5.91 Å². The number of piperidine rings is 1. The van der Waals surface area contributed by atoms with Crippen molar-refractivity contribution in [3.63, 3.8) is 0 Å². The summed E-state index contributed by atoms with van der Waals surface area (Å²) >= 11 is 0. The second-order valence-corrected chi connectivity index (χ2v) is 8.96. The maximum atomic E-state index is 14.2. The fraction of sp³-hybridized carbons (Fsp3) is 0.480. The molecule has 1 saturated heterocycles. The highest BCUT2D eigenvalue weighted by atomic mass is 19.2.